The predicted octanol–water partition coefficient (Wildman–Crippen LogP) is 1.38. The Kier molecular flexibility index (Phi) is 4.43. The van der Waals surface area contributed by atoms with E-state index in [2.05, 4.69) is 30.4 Å². The summed E-state index contributed by atoms with van der Waals surface area (Å²) in [6.45, 7) is 2.40. The smallest absolute Gasteiger partial charge is 0.243 e. The molecule has 6 heterocycles. The standard InChI is InChI=1S/C20H21F2N9O/c21-12-7-29(11-9-32-10-11)5-3-14(12)25-20-26-19(23)18-17(13(22)8-31(18)28-20)15-1-2-16-24-4-6-30(16)27-15/h1-2,4,6,8,11-12,14H,3,5,7,9-10H2,(H3,23,25,26,28)/t12-,14+/m1/s1. The lowest BCUT2D eigenvalue weighted by Crippen LogP contribution is -2.57. The van der Waals surface area contributed by atoms with Crippen molar-refractivity contribution in [2.45, 2.75) is 24.7 Å². The average Bonchev–Trinajstić information content (AvgIpc) is 3.32. The number of hydrogen-bond acceptors (Lipinski definition) is 8. The van der Waals surface area contributed by atoms with Crippen LogP contribution in [-0.4, -0.2) is 78.7 Å². The highest BCUT2D eigenvalue weighted by Gasteiger charge is 2.35. The number of anilines is 2. The highest BCUT2D eigenvalue weighted by molar-refractivity contribution is 5.87. The van der Waals surface area contributed by atoms with Crippen LogP contribution < -0.4 is 11.1 Å². The molecule has 0 saturated carbocycles. The molecular formula is C20H21F2N9O. The quantitative estimate of drug-likeness (QED) is 0.489. The van der Waals surface area contributed by atoms with Gasteiger partial charge in [-0.2, -0.15) is 10.1 Å². The highest BCUT2D eigenvalue weighted by Crippen LogP contribution is 2.31. The Labute approximate surface area is 181 Å². The first-order chi connectivity index (χ1) is 15.6. The number of imidazole rings is 1. The molecule has 0 aliphatic carbocycles. The van der Waals surface area contributed by atoms with Gasteiger partial charge in [0.15, 0.2) is 17.3 Å². The zero-order chi connectivity index (χ0) is 21.8. The molecule has 166 valence electrons. The molecule has 0 aromatic carbocycles. The summed E-state index contributed by atoms with van der Waals surface area (Å²) in [4.78, 5) is 10.5. The molecule has 0 radical (unpaired) electrons. The van der Waals surface area contributed by atoms with E-state index in [0.717, 1.165) is 6.54 Å². The molecular weight excluding hydrogens is 420 g/mol. The van der Waals surface area contributed by atoms with Crippen molar-refractivity contribution in [1.29, 1.82) is 0 Å². The number of nitrogens with one attached hydrogen (secondary N) is 1. The molecule has 6 rings (SSSR count). The molecule has 10 nitrogen and oxygen atoms in total. The summed E-state index contributed by atoms with van der Waals surface area (Å²) in [6, 6.07) is 3.26. The number of piperidine rings is 1. The van der Waals surface area contributed by atoms with Gasteiger partial charge in [0, 0.05) is 25.5 Å². The Bertz CT molecular complexity index is 1300. The van der Waals surface area contributed by atoms with Crippen LogP contribution in [0, 0.1) is 5.82 Å². The minimum atomic E-state index is -1.09. The lowest BCUT2D eigenvalue weighted by Gasteiger charge is -2.42. The Balaban J connectivity index is 1.29. The van der Waals surface area contributed by atoms with Gasteiger partial charge in [-0.1, -0.05) is 0 Å². The first-order valence-corrected chi connectivity index (χ1v) is 10.4. The van der Waals surface area contributed by atoms with Gasteiger partial charge in [-0.05, 0) is 18.6 Å². The van der Waals surface area contributed by atoms with Gasteiger partial charge < -0.3 is 15.8 Å². The maximum atomic E-state index is 14.9. The monoisotopic (exact) mass is 441 g/mol. The topological polar surface area (TPSA) is 111 Å². The third-order valence-electron chi connectivity index (χ3n) is 6.15. The molecule has 12 heteroatoms. The molecule has 2 aliphatic rings. The van der Waals surface area contributed by atoms with Crippen LogP contribution >= 0.6 is 0 Å². The van der Waals surface area contributed by atoms with Crippen LogP contribution in [-0.2, 0) is 4.74 Å². The van der Waals surface area contributed by atoms with Crippen LogP contribution in [0.5, 0.6) is 0 Å². The maximum absolute atomic E-state index is 14.9. The maximum Gasteiger partial charge on any atom is 0.243 e. The lowest BCUT2D eigenvalue weighted by molar-refractivity contribution is -0.0794. The fraction of sp³-hybridized carbons (Fsp3) is 0.400. The lowest BCUT2D eigenvalue weighted by atomic mass is 10.0. The average molecular weight is 441 g/mol. The second-order valence-electron chi connectivity index (χ2n) is 8.16. The van der Waals surface area contributed by atoms with Crippen molar-refractivity contribution in [1.82, 2.24) is 34.1 Å². The second kappa shape index (κ2) is 7.35. The Morgan fingerprint density at radius 2 is 2.06 bits per heavy atom. The number of hydrogen-bond donors (Lipinski definition) is 2. The molecule has 0 bridgehead atoms. The summed E-state index contributed by atoms with van der Waals surface area (Å²) < 4.78 is 37.8. The van der Waals surface area contributed by atoms with E-state index in [4.69, 9.17) is 10.5 Å². The number of rotatable bonds is 4. The molecule has 3 N–H and O–H groups in total. The van der Waals surface area contributed by atoms with E-state index in [9.17, 15) is 8.78 Å². The molecule has 0 spiro atoms. The van der Waals surface area contributed by atoms with Crippen LogP contribution in [0.15, 0.2) is 30.7 Å². The summed E-state index contributed by atoms with van der Waals surface area (Å²) in [5.74, 6) is -0.300. The molecule has 2 saturated heterocycles. The van der Waals surface area contributed by atoms with Crippen molar-refractivity contribution >= 4 is 22.9 Å². The fourth-order valence-electron chi connectivity index (χ4n) is 4.36. The molecule has 0 amide bonds. The minimum Gasteiger partial charge on any atom is -0.382 e. The fourth-order valence-corrected chi connectivity index (χ4v) is 4.36. The van der Waals surface area contributed by atoms with E-state index in [1.54, 1.807) is 29.0 Å². The van der Waals surface area contributed by atoms with Gasteiger partial charge in [0.25, 0.3) is 0 Å². The number of nitrogens with zero attached hydrogens (tertiary/aromatic N) is 7. The number of nitrogen functional groups attached to an aromatic ring is 1. The Morgan fingerprint density at radius 3 is 2.84 bits per heavy atom. The summed E-state index contributed by atoms with van der Waals surface area (Å²) in [5.41, 5.74) is 7.71. The van der Waals surface area contributed by atoms with Crippen molar-refractivity contribution in [3.05, 3.63) is 36.5 Å². The molecule has 2 fully saturated rings. The van der Waals surface area contributed by atoms with Gasteiger partial charge in [0.05, 0.1) is 42.8 Å². The Morgan fingerprint density at radius 1 is 1.19 bits per heavy atom. The summed E-state index contributed by atoms with van der Waals surface area (Å²) in [7, 11) is 0. The predicted molar refractivity (Wildman–Crippen MR) is 112 cm³/mol. The van der Waals surface area contributed by atoms with Gasteiger partial charge >= 0.3 is 0 Å². The van der Waals surface area contributed by atoms with Gasteiger partial charge in [-0.25, -0.2) is 22.8 Å². The number of nitrogens with two attached hydrogens (primary N) is 1. The van der Waals surface area contributed by atoms with E-state index < -0.39 is 18.0 Å². The normalized spacial score (nSPS) is 22.4. The second-order valence-corrected chi connectivity index (χ2v) is 8.16. The van der Waals surface area contributed by atoms with Gasteiger partial charge in [-0.15, -0.1) is 5.10 Å². The third kappa shape index (κ3) is 3.14. The van der Waals surface area contributed by atoms with E-state index in [0.29, 0.717) is 49.1 Å². The van der Waals surface area contributed by atoms with Gasteiger partial charge in [-0.3, -0.25) is 4.90 Å². The van der Waals surface area contributed by atoms with Crippen molar-refractivity contribution in [3.63, 3.8) is 0 Å². The van der Waals surface area contributed by atoms with Crippen LogP contribution in [0.2, 0.25) is 0 Å². The number of fused-ring (bicyclic) bond motifs is 2. The van der Waals surface area contributed by atoms with E-state index in [-0.39, 0.29) is 17.3 Å². The molecule has 2 aliphatic heterocycles. The molecule has 0 unspecified atom stereocenters. The number of aromatic nitrogens is 6. The van der Waals surface area contributed by atoms with Gasteiger partial charge in [0.2, 0.25) is 5.95 Å². The minimum absolute atomic E-state index is 0.0772. The zero-order valence-corrected chi connectivity index (χ0v) is 17.0. The summed E-state index contributed by atoms with van der Waals surface area (Å²) in [6.07, 6.45) is 4.01. The number of halogens is 2. The summed E-state index contributed by atoms with van der Waals surface area (Å²) >= 11 is 0. The van der Waals surface area contributed by atoms with Gasteiger partial charge in [0.1, 0.15) is 11.7 Å². The van der Waals surface area contributed by atoms with Crippen LogP contribution in [0.1, 0.15) is 6.42 Å². The largest absolute Gasteiger partial charge is 0.382 e. The molecule has 2 atom stereocenters. The number of likely N-dealkylation sites (tertiary alicyclic amines) is 1. The third-order valence-corrected chi connectivity index (χ3v) is 6.15. The van der Waals surface area contributed by atoms with E-state index in [1.807, 2.05) is 0 Å². The van der Waals surface area contributed by atoms with Crippen LogP contribution in [0.3, 0.4) is 0 Å². The van der Waals surface area contributed by atoms with Crippen LogP contribution in [0.25, 0.3) is 22.4 Å². The summed E-state index contributed by atoms with van der Waals surface area (Å²) in [5, 5.41) is 11.8. The molecule has 32 heavy (non-hydrogen) atoms. The van der Waals surface area contributed by atoms with Crippen molar-refractivity contribution in [2.24, 2.45) is 0 Å². The van der Waals surface area contributed by atoms with E-state index in [1.165, 1.54) is 10.7 Å². The first-order valence-electron chi connectivity index (χ1n) is 10.4. The zero-order valence-electron chi connectivity index (χ0n) is 17.0. The SMILES string of the molecule is Nc1nc(N[C@H]2CCN(C3COC3)C[C@H]2F)nn2cc(F)c(-c3ccc4nccn4n3)c12. The Hall–Kier alpha value is -3.38. The molecule has 4 aromatic heterocycles. The number of alkyl halides is 1. The van der Waals surface area contributed by atoms with E-state index >= 15 is 0 Å². The highest BCUT2D eigenvalue weighted by atomic mass is 19.1. The first kappa shape index (κ1) is 19.3. The van der Waals surface area contributed by atoms with Crippen LogP contribution in [0.4, 0.5) is 20.5 Å². The molecule has 4 aromatic rings. The van der Waals surface area contributed by atoms with Crippen molar-refractivity contribution < 1.29 is 13.5 Å². The van der Waals surface area contributed by atoms with Crippen molar-refractivity contribution in [2.75, 3.05) is 37.4 Å². The number of ether oxygens (including phenoxy) is 1. The van der Waals surface area contributed by atoms with Crippen molar-refractivity contribution in [3.8, 4) is 11.3 Å².